The Morgan fingerprint density at radius 1 is 1.67 bits per heavy atom. The number of aliphatic hydroxyl groups excluding tert-OH is 1. The Kier molecular flexibility index (Phi) is 3.19. The number of aryl methyl sites for hydroxylation is 1. The zero-order valence-corrected chi connectivity index (χ0v) is 7.20. The van der Waals surface area contributed by atoms with Crippen LogP contribution in [-0.4, -0.2) is 16.6 Å². The molecule has 0 amide bonds. The Bertz CT molecular complexity index is 250. The Labute approximate surface area is 72.2 Å². The second kappa shape index (κ2) is 4.18. The molecule has 0 aliphatic heterocycles. The second-order valence-electron chi connectivity index (χ2n) is 2.80. The van der Waals surface area contributed by atoms with Gasteiger partial charge in [-0.1, -0.05) is 6.07 Å². The first-order chi connectivity index (χ1) is 5.75. The third-order valence-corrected chi connectivity index (χ3v) is 1.81. The van der Waals surface area contributed by atoms with E-state index >= 15 is 0 Å². The van der Waals surface area contributed by atoms with Crippen LogP contribution in [0.3, 0.4) is 0 Å². The maximum atomic E-state index is 9.56. The van der Waals surface area contributed by atoms with Gasteiger partial charge in [0.1, 0.15) is 0 Å². The number of hydrogen-bond acceptors (Lipinski definition) is 3. The Morgan fingerprint density at radius 3 is 3.00 bits per heavy atom. The van der Waals surface area contributed by atoms with Gasteiger partial charge in [0.15, 0.2) is 0 Å². The zero-order chi connectivity index (χ0) is 8.97. The van der Waals surface area contributed by atoms with Gasteiger partial charge in [-0.05, 0) is 31.5 Å². The van der Waals surface area contributed by atoms with Gasteiger partial charge in [-0.2, -0.15) is 0 Å². The van der Waals surface area contributed by atoms with E-state index in [1.54, 1.807) is 6.20 Å². The molecule has 3 nitrogen and oxygen atoms in total. The van der Waals surface area contributed by atoms with Crippen molar-refractivity contribution in [2.24, 2.45) is 5.73 Å². The summed E-state index contributed by atoms with van der Waals surface area (Å²) in [5, 5.41) is 9.56. The molecule has 0 unspecified atom stereocenters. The molecule has 3 N–H and O–H groups in total. The standard InChI is InChI=1S/C9H14N2O/c1-7-3-2-6-11-9(7)8(12)4-5-10/h2-3,6,8,12H,4-5,10H2,1H3/t8-/m0/s1. The molecule has 1 rings (SSSR count). The molecule has 0 fully saturated rings. The SMILES string of the molecule is Cc1cccnc1[C@@H](O)CCN. The highest BCUT2D eigenvalue weighted by molar-refractivity contribution is 5.19. The van der Waals surface area contributed by atoms with Crippen molar-refractivity contribution in [1.82, 2.24) is 4.98 Å². The van der Waals surface area contributed by atoms with E-state index in [-0.39, 0.29) is 0 Å². The molecule has 0 bridgehead atoms. The lowest BCUT2D eigenvalue weighted by atomic mass is 10.1. The summed E-state index contributed by atoms with van der Waals surface area (Å²) in [6, 6.07) is 3.79. The molecule has 0 aliphatic carbocycles. The molecule has 1 atom stereocenters. The molecule has 66 valence electrons. The van der Waals surface area contributed by atoms with Crippen LogP contribution in [0.2, 0.25) is 0 Å². The summed E-state index contributed by atoms with van der Waals surface area (Å²) in [4.78, 5) is 4.09. The number of aromatic nitrogens is 1. The van der Waals surface area contributed by atoms with Gasteiger partial charge in [-0.25, -0.2) is 0 Å². The van der Waals surface area contributed by atoms with Gasteiger partial charge < -0.3 is 10.8 Å². The Hall–Kier alpha value is -0.930. The fourth-order valence-corrected chi connectivity index (χ4v) is 1.14. The van der Waals surface area contributed by atoms with Gasteiger partial charge in [0.25, 0.3) is 0 Å². The quantitative estimate of drug-likeness (QED) is 0.697. The molecular weight excluding hydrogens is 152 g/mol. The van der Waals surface area contributed by atoms with Crippen molar-refractivity contribution < 1.29 is 5.11 Å². The number of nitrogens with two attached hydrogens (primary N) is 1. The van der Waals surface area contributed by atoms with E-state index in [4.69, 9.17) is 5.73 Å². The minimum absolute atomic E-state index is 0.483. The first-order valence-corrected chi connectivity index (χ1v) is 4.05. The van der Waals surface area contributed by atoms with Crippen molar-refractivity contribution in [3.05, 3.63) is 29.6 Å². The normalized spacial score (nSPS) is 12.9. The second-order valence-corrected chi connectivity index (χ2v) is 2.80. The van der Waals surface area contributed by atoms with Crippen LogP contribution in [0.5, 0.6) is 0 Å². The lowest BCUT2D eigenvalue weighted by molar-refractivity contribution is 0.165. The number of rotatable bonds is 3. The molecule has 12 heavy (non-hydrogen) atoms. The van der Waals surface area contributed by atoms with Crippen LogP contribution in [0.4, 0.5) is 0 Å². The van der Waals surface area contributed by atoms with Crippen molar-refractivity contribution in [1.29, 1.82) is 0 Å². The third-order valence-electron chi connectivity index (χ3n) is 1.81. The highest BCUT2D eigenvalue weighted by atomic mass is 16.3. The Balaban J connectivity index is 2.79. The third kappa shape index (κ3) is 2.03. The summed E-state index contributed by atoms with van der Waals surface area (Å²) >= 11 is 0. The van der Waals surface area contributed by atoms with Crippen LogP contribution in [0.25, 0.3) is 0 Å². The van der Waals surface area contributed by atoms with E-state index in [2.05, 4.69) is 4.98 Å². The van der Waals surface area contributed by atoms with Crippen molar-refractivity contribution in [3.8, 4) is 0 Å². The maximum absolute atomic E-state index is 9.56. The monoisotopic (exact) mass is 166 g/mol. The van der Waals surface area contributed by atoms with Gasteiger partial charge in [-0.3, -0.25) is 4.98 Å². The molecule has 0 spiro atoms. The van der Waals surface area contributed by atoms with E-state index in [1.807, 2.05) is 19.1 Å². The maximum Gasteiger partial charge on any atom is 0.0974 e. The molecule has 0 saturated heterocycles. The van der Waals surface area contributed by atoms with E-state index < -0.39 is 6.10 Å². The van der Waals surface area contributed by atoms with Crippen LogP contribution < -0.4 is 5.73 Å². The summed E-state index contributed by atoms with van der Waals surface area (Å²) in [6.07, 6.45) is 1.73. The van der Waals surface area contributed by atoms with Crippen LogP contribution in [0.15, 0.2) is 18.3 Å². The topological polar surface area (TPSA) is 59.1 Å². The Morgan fingerprint density at radius 2 is 2.42 bits per heavy atom. The van der Waals surface area contributed by atoms with Crippen molar-refractivity contribution in [2.45, 2.75) is 19.4 Å². The zero-order valence-electron chi connectivity index (χ0n) is 7.20. The molecule has 3 heteroatoms. The number of hydrogen-bond donors (Lipinski definition) is 2. The molecule has 1 heterocycles. The molecule has 0 aromatic carbocycles. The number of aliphatic hydroxyl groups is 1. The van der Waals surface area contributed by atoms with Crippen molar-refractivity contribution >= 4 is 0 Å². The number of pyridine rings is 1. The van der Waals surface area contributed by atoms with E-state index in [9.17, 15) is 5.11 Å². The van der Waals surface area contributed by atoms with Gasteiger partial charge in [0.2, 0.25) is 0 Å². The van der Waals surface area contributed by atoms with Crippen LogP contribution in [-0.2, 0) is 0 Å². The highest BCUT2D eigenvalue weighted by Gasteiger charge is 2.09. The van der Waals surface area contributed by atoms with Gasteiger partial charge in [0.05, 0.1) is 11.8 Å². The first-order valence-electron chi connectivity index (χ1n) is 4.05. The summed E-state index contributed by atoms with van der Waals surface area (Å²) < 4.78 is 0. The predicted octanol–water partition coefficient (Wildman–Crippen LogP) is 0.772. The molecule has 0 aliphatic rings. The van der Waals surface area contributed by atoms with E-state index in [0.29, 0.717) is 13.0 Å². The fraction of sp³-hybridized carbons (Fsp3) is 0.444. The summed E-state index contributed by atoms with van der Waals surface area (Å²) in [7, 11) is 0. The molecule has 1 aromatic rings. The van der Waals surface area contributed by atoms with E-state index in [1.165, 1.54) is 0 Å². The van der Waals surface area contributed by atoms with Gasteiger partial charge in [0, 0.05) is 6.20 Å². The van der Waals surface area contributed by atoms with Crippen molar-refractivity contribution in [2.75, 3.05) is 6.54 Å². The minimum atomic E-state index is -0.517. The average molecular weight is 166 g/mol. The van der Waals surface area contributed by atoms with Gasteiger partial charge in [-0.15, -0.1) is 0 Å². The lowest BCUT2D eigenvalue weighted by Gasteiger charge is -2.10. The van der Waals surface area contributed by atoms with E-state index in [0.717, 1.165) is 11.3 Å². The molecule has 0 saturated carbocycles. The highest BCUT2D eigenvalue weighted by Crippen LogP contribution is 2.16. The largest absolute Gasteiger partial charge is 0.387 e. The first kappa shape index (κ1) is 9.16. The predicted molar refractivity (Wildman–Crippen MR) is 47.6 cm³/mol. The summed E-state index contributed by atoms with van der Waals surface area (Å²) in [5.74, 6) is 0. The van der Waals surface area contributed by atoms with Gasteiger partial charge >= 0.3 is 0 Å². The lowest BCUT2D eigenvalue weighted by Crippen LogP contribution is -2.09. The van der Waals surface area contributed by atoms with Crippen LogP contribution in [0, 0.1) is 6.92 Å². The minimum Gasteiger partial charge on any atom is -0.387 e. The molecule has 1 aromatic heterocycles. The molecule has 0 radical (unpaired) electrons. The van der Waals surface area contributed by atoms with Crippen LogP contribution >= 0.6 is 0 Å². The summed E-state index contributed by atoms with van der Waals surface area (Å²) in [5.41, 5.74) is 7.08. The average Bonchev–Trinajstić information content (AvgIpc) is 2.05. The fourth-order valence-electron chi connectivity index (χ4n) is 1.14. The smallest absolute Gasteiger partial charge is 0.0974 e. The van der Waals surface area contributed by atoms with Crippen LogP contribution in [0.1, 0.15) is 23.8 Å². The van der Waals surface area contributed by atoms with Crippen molar-refractivity contribution in [3.63, 3.8) is 0 Å². The molecular formula is C9H14N2O. The summed E-state index contributed by atoms with van der Waals surface area (Å²) in [6.45, 7) is 2.42. The number of nitrogens with zero attached hydrogens (tertiary/aromatic N) is 1.